The van der Waals surface area contributed by atoms with Crippen LogP contribution in [-0.4, -0.2) is 47.7 Å². The minimum atomic E-state index is -0.868. The van der Waals surface area contributed by atoms with Gasteiger partial charge >= 0.3 is 0 Å². The van der Waals surface area contributed by atoms with E-state index in [9.17, 15) is 10.2 Å². The summed E-state index contributed by atoms with van der Waals surface area (Å²) in [6.07, 6.45) is 2.25. The molecule has 4 nitrogen and oxygen atoms in total. The third kappa shape index (κ3) is 1.88. The van der Waals surface area contributed by atoms with Gasteiger partial charge in [0.25, 0.3) is 0 Å². The molecule has 3 N–H and O–H groups in total. The minimum absolute atomic E-state index is 0.0462. The fourth-order valence-corrected chi connectivity index (χ4v) is 3.14. The van der Waals surface area contributed by atoms with Crippen molar-refractivity contribution < 1.29 is 14.9 Å². The second kappa shape index (κ2) is 3.95. The Bertz CT molecular complexity index is 261. The summed E-state index contributed by atoms with van der Waals surface area (Å²) in [6, 6.07) is 0. The van der Waals surface area contributed by atoms with Gasteiger partial charge in [-0.2, -0.15) is 0 Å². The molecule has 16 heavy (non-hydrogen) atoms. The lowest BCUT2D eigenvalue weighted by atomic mass is 9.64. The zero-order valence-corrected chi connectivity index (χ0v) is 10.3. The monoisotopic (exact) mass is 229 g/mol. The lowest BCUT2D eigenvalue weighted by Crippen LogP contribution is -2.56. The van der Waals surface area contributed by atoms with Crippen molar-refractivity contribution in [1.82, 2.24) is 5.32 Å². The van der Waals surface area contributed by atoms with Crippen LogP contribution >= 0.6 is 0 Å². The summed E-state index contributed by atoms with van der Waals surface area (Å²) in [5, 5.41) is 23.8. The maximum atomic E-state index is 10.8. The van der Waals surface area contributed by atoms with Crippen molar-refractivity contribution in [3.8, 4) is 0 Å². The summed E-state index contributed by atoms with van der Waals surface area (Å²) >= 11 is 0. The van der Waals surface area contributed by atoms with E-state index in [4.69, 9.17) is 4.74 Å². The summed E-state index contributed by atoms with van der Waals surface area (Å²) in [7, 11) is 0. The van der Waals surface area contributed by atoms with Crippen LogP contribution in [0.1, 0.15) is 33.1 Å². The van der Waals surface area contributed by atoms with E-state index in [2.05, 4.69) is 5.32 Å². The molecule has 94 valence electrons. The van der Waals surface area contributed by atoms with Crippen molar-refractivity contribution in [3.63, 3.8) is 0 Å². The first kappa shape index (κ1) is 12.3. The first-order valence-corrected chi connectivity index (χ1v) is 6.11. The van der Waals surface area contributed by atoms with E-state index in [1.165, 1.54) is 0 Å². The maximum Gasteiger partial charge on any atom is 0.0986 e. The fourth-order valence-electron chi connectivity index (χ4n) is 3.14. The third-order valence-corrected chi connectivity index (χ3v) is 4.27. The van der Waals surface area contributed by atoms with Crippen LogP contribution in [0.3, 0.4) is 0 Å². The summed E-state index contributed by atoms with van der Waals surface area (Å²) < 4.78 is 5.65. The van der Waals surface area contributed by atoms with Gasteiger partial charge in [0.1, 0.15) is 0 Å². The SMILES string of the molecule is CC1(C)CC(O)(C2(CO)CCNCC2)CO1. The number of hydrogen-bond acceptors (Lipinski definition) is 4. The Morgan fingerprint density at radius 3 is 2.31 bits per heavy atom. The number of ether oxygens (including phenoxy) is 1. The molecule has 2 heterocycles. The first-order chi connectivity index (χ1) is 7.43. The normalized spacial score (nSPS) is 37.5. The van der Waals surface area contributed by atoms with Crippen LogP contribution in [0.25, 0.3) is 0 Å². The molecule has 2 saturated heterocycles. The van der Waals surface area contributed by atoms with Gasteiger partial charge in [-0.05, 0) is 39.8 Å². The van der Waals surface area contributed by atoms with Gasteiger partial charge in [-0.1, -0.05) is 0 Å². The first-order valence-electron chi connectivity index (χ1n) is 6.11. The lowest BCUT2D eigenvalue weighted by Gasteiger charge is -2.46. The van der Waals surface area contributed by atoms with Gasteiger partial charge in [0.15, 0.2) is 0 Å². The smallest absolute Gasteiger partial charge is 0.0986 e. The molecule has 0 aromatic rings. The molecule has 1 atom stereocenters. The number of aliphatic hydroxyl groups is 2. The van der Waals surface area contributed by atoms with E-state index in [0.29, 0.717) is 13.0 Å². The van der Waals surface area contributed by atoms with Crippen molar-refractivity contribution >= 4 is 0 Å². The predicted octanol–water partition coefficient (Wildman–Crippen LogP) is 0.278. The second-order valence-electron chi connectivity index (χ2n) is 5.95. The van der Waals surface area contributed by atoms with E-state index in [1.807, 2.05) is 13.8 Å². The van der Waals surface area contributed by atoms with Crippen LogP contribution in [0.4, 0.5) is 0 Å². The van der Waals surface area contributed by atoms with Crippen LogP contribution in [0.15, 0.2) is 0 Å². The summed E-state index contributed by atoms with van der Waals surface area (Å²) in [5.41, 5.74) is -1.53. The second-order valence-corrected chi connectivity index (χ2v) is 5.95. The molecule has 0 radical (unpaired) electrons. The average molecular weight is 229 g/mol. The average Bonchev–Trinajstić information content (AvgIpc) is 2.55. The fraction of sp³-hybridized carbons (Fsp3) is 1.00. The molecule has 2 fully saturated rings. The lowest BCUT2D eigenvalue weighted by molar-refractivity contribution is -0.124. The highest BCUT2D eigenvalue weighted by atomic mass is 16.5. The predicted molar refractivity (Wildman–Crippen MR) is 61.2 cm³/mol. The molecule has 0 aromatic heterocycles. The van der Waals surface area contributed by atoms with Gasteiger partial charge < -0.3 is 20.3 Å². The zero-order chi connectivity index (χ0) is 11.9. The molecule has 4 heteroatoms. The molecule has 1 unspecified atom stereocenters. The molecule has 2 rings (SSSR count). The molecule has 2 aliphatic heterocycles. The van der Waals surface area contributed by atoms with Crippen LogP contribution in [0.5, 0.6) is 0 Å². The van der Waals surface area contributed by atoms with E-state index in [0.717, 1.165) is 25.9 Å². The van der Waals surface area contributed by atoms with E-state index >= 15 is 0 Å². The van der Waals surface area contributed by atoms with Crippen LogP contribution in [0.2, 0.25) is 0 Å². The molecule has 0 saturated carbocycles. The zero-order valence-electron chi connectivity index (χ0n) is 10.3. The van der Waals surface area contributed by atoms with E-state index < -0.39 is 5.60 Å². The van der Waals surface area contributed by atoms with Crippen molar-refractivity contribution in [3.05, 3.63) is 0 Å². The summed E-state index contributed by atoms with van der Waals surface area (Å²) in [5.74, 6) is 0. The Morgan fingerprint density at radius 2 is 1.88 bits per heavy atom. The van der Waals surface area contributed by atoms with Gasteiger partial charge in [-0.25, -0.2) is 0 Å². The standard InChI is InChI=1S/C12H23NO3/c1-10(2)7-12(15,9-16-10)11(8-14)3-5-13-6-4-11/h13-15H,3-9H2,1-2H3. The minimum Gasteiger partial charge on any atom is -0.396 e. The van der Waals surface area contributed by atoms with Gasteiger partial charge in [0.2, 0.25) is 0 Å². The topological polar surface area (TPSA) is 61.7 Å². The molecule has 0 aliphatic carbocycles. The molecular weight excluding hydrogens is 206 g/mol. The van der Waals surface area contributed by atoms with Crippen LogP contribution in [0, 0.1) is 5.41 Å². The van der Waals surface area contributed by atoms with Crippen LogP contribution < -0.4 is 5.32 Å². The summed E-state index contributed by atoms with van der Waals surface area (Å²) in [4.78, 5) is 0. The van der Waals surface area contributed by atoms with Gasteiger partial charge in [0.05, 0.1) is 24.4 Å². The largest absolute Gasteiger partial charge is 0.396 e. The van der Waals surface area contributed by atoms with Gasteiger partial charge in [0, 0.05) is 11.8 Å². The quantitative estimate of drug-likeness (QED) is 0.636. The van der Waals surface area contributed by atoms with E-state index in [1.54, 1.807) is 0 Å². The Labute approximate surface area is 97.0 Å². The van der Waals surface area contributed by atoms with E-state index in [-0.39, 0.29) is 17.6 Å². The molecule has 0 aromatic carbocycles. The Hall–Kier alpha value is -0.160. The Kier molecular flexibility index (Phi) is 3.03. The Morgan fingerprint density at radius 1 is 1.25 bits per heavy atom. The highest BCUT2D eigenvalue weighted by molar-refractivity contribution is 5.07. The van der Waals surface area contributed by atoms with Gasteiger partial charge in [-0.15, -0.1) is 0 Å². The van der Waals surface area contributed by atoms with Crippen molar-refractivity contribution in [2.75, 3.05) is 26.3 Å². The molecule has 0 amide bonds. The number of nitrogens with one attached hydrogen (secondary N) is 1. The summed E-state index contributed by atoms with van der Waals surface area (Å²) in [6.45, 7) is 6.12. The molecule has 0 spiro atoms. The Balaban J connectivity index is 2.20. The highest BCUT2D eigenvalue weighted by Gasteiger charge is 2.56. The number of rotatable bonds is 2. The maximum absolute atomic E-state index is 10.8. The third-order valence-electron chi connectivity index (χ3n) is 4.27. The molecule has 0 bridgehead atoms. The number of aliphatic hydroxyl groups excluding tert-OH is 1. The van der Waals surface area contributed by atoms with Crippen LogP contribution in [-0.2, 0) is 4.74 Å². The molecular formula is C12H23NO3. The van der Waals surface area contributed by atoms with Crippen molar-refractivity contribution in [1.29, 1.82) is 0 Å². The molecule has 2 aliphatic rings. The van der Waals surface area contributed by atoms with Gasteiger partial charge in [-0.3, -0.25) is 0 Å². The highest BCUT2D eigenvalue weighted by Crippen LogP contribution is 2.48. The number of piperidine rings is 1. The van der Waals surface area contributed by atoms with Crippen molar-refractivity contribution in [2.45, 2.75) is 44.3 Å². The number of hydrogen-bond donors (Lipinski definition) is 3. The van der Waals surface area contributed by atoms with Crippen molar-refractivity contribution in [2.24, 2.45) is 5.41 Å².